The number of carbonyl (C=O) groups is 3. The average molecular weight is 440 g/mol. The van der Waals surface area contributed by atoms with Crippen LogP contribution in [0.5, 0.6) is 0 Å². The standard InChI is InChI=1S/C21H20N4O5S/c26-18(23-24-19(27)16-5-4-10-31-16)12-30-21(29)13-7-8-14-15(11-13)22-17-6-2-1-3-9-25(17)20(14)28/h4-5,7-8,10-11H,1-3,6,9,12H2,(H,23,26)(H,24,27). The van der Waals surface area contributed by atoms with Crippen LogP contribution in [-0.2, 0) is 22.5 Å². The van der Waals surface area contributed by atoms with Gasteiger partial charge < -0.3 is 4.74 Å². The van der Waals surface area contributed by atoms with Gasteiger partial charge in [-0.25, -0.2) is 9.78 Å². The molecule has 0 radical (unpaired) electrons. The van der Waals surface area contributed by atoms with Crippen LogP contribution >= 0.6 is 11.3 Å². The Morgan fingerprint density at radius 2 is 2.00 bits per heavy atom. The highest BCUT2D eigenvalue weighted by atomic mass is 32.1. The molecule has 1 aromatic carbocycles. The van der Waals surface area contributed by atoms with Crippen LogP contribution in [0.2, 0.25) is 0 Å². The maximum Gasteiger partial charge on any atom is 0.338 e. The maximum atomic E-state index is 12.8. The lowest BCUT2D eigenvalue weighted by molar-refractivity contribution is -0.125. The van der Waals surface area contributed by atoms with Crippen molar-refractivity contribution in [1.82, 2.24) is 20.4 Å². The molecule has 2 N–H and O–H groups in total. The fourth-order valence-electron chi connectivity index (χ4n) is 3.39. The number of esters is 1. The van der Waals surface area contributed by atoms with Crippen molar-refractivity contribution in [3.8, 4) is 0 Å². The van der Waals surface area contributed by atoms with Gasteiger partial charge >= 0.3 is 5.97 Å². The van der Waals surface area contributed by atoms with E-state index in [0.717, 1.165) is 31.5 Å². The van der Waals surface area contributed by atoms with E-state index < -0.39 is 24.4 Å². The van der Waals surface area contributed by atoms with Crippen molar-refractivity contribution in [1.29, 1.82) is 0 Å². The average Bonchev–Trinajstić information content (AvgIpc) is 3.22. The topological polar surface area (TPSA) is 119 Å². The maximum absolute atomic E-state index is 12.8. The van der Waals surface area contributed by atoms with Gasteiger partial charge in [0.05, 0.1) is 21.3 Å². The number of carbonyl (C=O) groups excluding carboxylic acids is 3. The Labute approximate surface area is 181 Å². The highest BCUT2D eigenvalue weighted by Gasteiger charge is 2.17. The summed E-state index contributed by atoms with van der Waals surface area (Å²) in [6.45, 7) is 0.0842. The van der Waals surface area contributed by atoms with Gasteiger partial charge in [0.1, 0.15) is 5.82 Å². The molecule has 0 fully saturated rings. The van der Waals surface area contributed by atoms with Crippen LogP contribution in [0.1, 0.15) is 45.1 Å². The van der Waals surface area contributed by atoms with Crippen molar-refractivity contribution >= 4 is 40.0 Å². The van der Waals surface area contributed by atoms with E-state index in [1.807, 2.05) is 0 Å². The monoisotopic (exact) mass is 440 g/mol. The molecule has 0 saturated heterocycles. The number of ether oxygens (including phenoxy) is 1. The van der Waals surface area contributed by atoms with E-state index >= 15 is 0 Å². The van der Waals surface area contributed by atoms with Crippen molar-refractivity contribution in [2.75, 3.05) is 6.61 Å². The van der Waals surface area contributed by atoms with Crippen LogP contribution in [0, 0.1) is 0 Å². The molecular formula is C21H20N4O5S. The number of fused-ring (bicyclic) bond motifs is 2. The Hall–Kier alpha value is -3.53. The molecule has 3 heterocycles. The normalized spacial score (nSPS) is 13.2. The predicted molar refractivity (Wildman–Crippen MR) is 114 cm³/mol. The third kappa shape index (κ3) is 4.64. The van der Waals surface area contributed by atoms with Crippen LogP contribution < -0.4 is 16.4 Å². The second-order valence-electron chi connectivity index (χ2n) is 7.08. The second-order valence-corrected chi connectivity index (χ2v) is 8.03. The lowest BCUT2D eigenvalue weighted by Gasteiger charge is -2.11. The number of hydrazine groups is 1. The first-order chi connectivity index (χ1) is 15.0. The predicted octanol–water partition coefficient (Wildman–Crippen LogP) is 1.80. The molecule has 0 unspecified atom stereocenters. The summed E-state index contributed by atoms with van der Waals surface area (Å²) in [4.78, 5) is 53.8. The van der Waals surface area contributed by atoms with E-state index in [2.05, 4.69) is 15.8 Å². The van der Waals surface area contributed by atoms with Gasteiger partial charge in [-0.15, -0.1) is 11.3 Å². The Bertz CT molecular complexity index is 1200. The van der Waals surface area contributed by atoms with Gasteiger partial charge in [-0.3, -0.25) is 29.8 Å². The first kappa shape index (κ1) is 20.7. The van der Waals surface area contributed by atoms with Gasteiger partial charge in [0.15, 0.2) is 6.61 Å². The van der Waals surface area contributed by atoms with Crippen LogP contribution in [0.4, 0.5) is 0 Å². The molecule has 0 bridgehead atoms. The number of aromatic nitrogens is 2. The zero-order chi connectivity index (χ0) is 21.8. The Morgan fingerprint density at radius 1 is 1.13 bits per heavy atom. The van der Waals surface area contributed by atoms with Crippen molar-refractivity contribution in [3.05, 3.63) is 62.3 Å². The summed E-state index contributed by atoms with van der Waals surface area (Å²) in [5.74, 6) is -1.14. The van der Waals surface area contributed by atoms with Crippen LogP contribution in [0.3, 0.4) is 0 Å². The third-order valence-corrected chi connectivity index (χ3v) is 5.82. The first-order valence-electron chi connectivity index (χ1n) is 9.86. The van der Waals surface area contributed by atoms with Crippen molar-refractivity contribution in [3.63, 3.8) is 0 Å². The number of hydrogen-bond donors (Lipinski definition) is 2. The highest BCUT2D eigenvalue weighted by Crippen LogP contribution is 2.17. The molecule has 0 atom stereocenters. The minimum absolute atomic E-state index is 0.109. The lowest BCUT2D eigenvalue weighted by Crippen LogP contribution is -2.43. The summed E-state index contributed by atoms with van der Waals surface area (Å²) in [6, 6.07) is 7.87. The van der Waals surface area contributed by atoms with E-state index in [4.69, 9.17) is 4.74 Å². The number of aryl methyl sites for hydroxylation is 1. The molecule has 0 aliphatic carbocycles. The summed E-state index contributed by atoms with van der Waals surface area (Å²) >= 11 is 1.23. The van der Waals surface area contributed by atoms with Crippen LogP contribution in [0.25, 0.3) is 10.9 Å². The highest BCUT2D eigenvalue weighted by molar-refractivity contribution is 7.12. The van der Waals surface area contributed by atoms with Gasteiger partial charge in [-0.2, -0.15) is 0 Å². The molecule has 4 rings (SSSR count). The molecule has 160 valence electrons. The van der Waals surface area contributed by atoms with E-state index in [0.29, 0.717) is 22.3 Å². The second kappa shape index (κ2) is 9.09. The van der Waals surface area contributed by atoms with Gasteiger partial charge in [-0.05, 0) is 42.5 Å². The molecule has 9 nitrogen and oxygen atoms in total. The minimum Gasteiger partial charge on any atom is -0.452 e. The fourth-order valence-corrected chi connectivity index (χ4v) is 4.01. The van der Waals surface area contributed by atoms with Gasteiger partial charge in [0.25, 0.3) is 17.4 Å². The first-order valence-corrected chi connectivity index (χ1v) is 10.7. The smallest absolute Gasteiger partial charge is 0.338 e. The van der Waals surface area contributed by atoms with E-state index in [1.54, 1.807) is 28.1 Å². The Balaban J connectivity index is 1.40. The molecule has 3 aromatic rings. The summed E-state index contributed by atoms with van der Waals surface area (Å²) in [5, 5.41) is 2.18. The van der Waals surface area contributed by atoms with Gasteiger partial charge in [-0.1, -0.05) is 12.5 Å². The number of nitrogens with zero attached hydrogens (tertiary/aromatic N) is 2. The summed E-state index contributed by atoms with van der Waals surface area (Å²) in [5.41, 5.74) is 4.95. The van der Waals surface area contributed by atoms with Gasteiger partial charge in [0, 0.05) is 13.0 Å². The summed E-state index contributed by atoms with van der Waals surface area (Å²) < 4.78 is 6.72. The largest absolute Gasteiger partial charge is 0.452 e. The Morgan fingerprint density at radius 3 is 2.81 bits per heavy atom. The summed E-state index contributed by atoms with van der Waals surface area (Å²) in [7, 11) is 0. The quantitative estimate of drug-likeness (QED) is 0.472. The number of benzene rings is 1. The molecule has 2 amide bonds. The van der Waals surface area contributed by atoms with E-state index in [-0.39, 0.29) is 11.1 Å². The zero-order valence-corrected chi connectivity index (χ0v) is 17.4. The molecule has 10 heteroatoms. The van der Waals surface area contributed by atoms with Crippen LogP contribution in [-0.4, -0.2) is 33.9 Å². The summed E-state index contributed by atoms with van der Waals surface area (Å²) in [6.07, 6.45) is 3.68. The van der Waals surface area contributed by atoms with Crippen molar-refractivity contribution in [2.24, 2.45) is 0 Å². The molecule has 0 spiro atoms. The fraction of sp³-hybridized carbons (Fsp3) is 0.286. The zero-order valence-electron chi connectivity index (χ0n) is 16.6. The number of hydrogen-bond acceptors (Lipinski definition) is 7. The van der Waals surface area contributed by atoms with Gasteiger partial charge in [0.2, 0.25) is 0 Å². The number of rotatable bonds is 4. The molecule has 1 aliphatic rings. The van der Waals surface area contributed by atoms with E-state index in [9.17, 15) is 19.2 Å². The van der Waals surface area contributed by atoms with Crippen molar-refractivity contribution < 1.29 is 19.1 Å². The molecular weight excluding hydrogens is 420 g/mol. The third-order valence-electron chi connectivity index (χ3n) is 4.95. The number of amides is 2. The molecule has 2 aromatic heterocycles. The SMILES string of the molecule is O=C(COC(=O)c1ccc2c(=O)n3c(nc2c1)CCCCC3)NNC(=O)c1cccs1. The molecule has 31 heavy (non-hydrogen) atoms. The van der Waals surface area contributed by atoms with Crippen molar-refractivity contribution in [2.45, 2.75) is 32.2 Å². The lowest BCUT2D eigenvalue weighted by atomic mass is 10.1. The Kier molecular flexibility index (Phi) is 6.08. The number of nitrogens with one attached hydrogen (secondary N) is 2. The number of thiophene rings is 1. The minimum atomic E-state index is -0.724. The molecule has 0 saturated carbocycles. The van der Waals surface area contributed by atoms with Crippen LogP contribution in [0.15, 0.2) is 40.5 Å². The molecule has 1 aliphatic heterocycles. The van der Waals surface area contributed by atoms with E-state index in [1.165, 1.54) is 23.5 Å².